The van der Waals surface area contributed by atoms with Crippen LogP contribution in [0.2, 0.25) is 0 Å². The van der Waals surface area contributed by atoms with Gasteiger partial charge in [0.15, 0.2) is 0 Å². The molecule has 0 saturated carbocycles. The molecule has 3 N–H and O–H groups in total. The largest absolute Gasteiger partial charge is 0.394 e. The molecular formula is C41H81NO3. The molecule has 0 bridgehead atoms. The molecule has 0 rings (SSSR count). The second kappa shape index (κ2) is 36.0. The summed E-state index contributed by atoms with van der Waals surface area (Å²) in [5.41, 5.74) is 0. The Kier molecular flexibility index (Phi) is 35.3. The lowest BCUT2D eigenvalue weighted by molar-refractivity contribution is -0.123. The molecule has 0 spiro atoms. The first-order chi connectivity index (χ1) is 22.0. The van der Waals surface area contributed by atoms with Crippen LogP contribution in [0.4, 0.5) is 0 Å². The van der Waals surface area contributed by atoms with Crippen molar-refractivity contribution < 1.29 is 15.0 Å². The molecular weight excluding hydrogens is 554 g/mol. The van der Waals surface area contributed by atoms with Crippen LogP contribution in [0.15, 0.2) is 12.2 Å². The molecule has 1 amide bonds. The van der Waals surface area contributed by atoms with Crippen LogP contribution in [-0.2, 0) is 4.79 Å². The highest BCUT2D eigenvalue weighted by Gasteiger charge is 2.17. The molecule has 0 heterocycles. The molecule has 0 saturated heterocycles. The first-order valence-corrected chi connectivity index (χ1v) is 20.3. The van der Waals surface area contributed by atoms with Crippen LogP contribution in [0, 0.1) is 5.92 Å². The summed E-state index contributed by atoms with van der Waals surface area (Å²) in [6.45, 7) is 6.64. The van der Waals surface area contributed by atoms with Crippen LogP contribution in [0.25, 0.3) is 0 Å². The predicted octanol–water partition coefficient (Wildman–Crippen LogP) is 12.1. The van der Waals surface area contributed by atoms with Crippen molar-refractivity contribution in [3.05, 3.63) is 12.2 Å². The fourth-order valence-electron chi connectivity index (χ4n) is 6.30. The molecule has 0 aromatic carbocycles. The van der Waals surface area contributed by atoms with Gasteiger partial charge in [0.2, 0.25) is 5.91 Å². The average Bonchev–Trinajstić information content (AvgIpc) is 3.02. The number of carbonyl (C=O) groups excluding carboxylic acids is 1. The minimum Gasteiger partial charge on any atom is -0.394 e. The Morgan fingerprint density at radius 2 is 0.956 bits per heavy atom. The standard InChI is InChI=1S/C41H81NO3/c1-4-5-6-7-8-9-10-11-12-13-14-15-16-17-18-19-20-24-27-30-33-36-41(45)42-39(37-43)40(44)35-32-29-26-23-21-22-25-28-31-34-38(2)3/h32,35,38-40,43-44H,4-31,33-34,36-37H2,1-3H3,(H,42,45). The van der Waals surface area contributed by atoms with Gasteiger partial charge in [-0.3, -0.25) is 4.79 Å². The summed E-state index contributed by atoms with van der Waals surface area (Å²) >= 11 is 0. The predicted molar refractivity (Wildman–Crippen MR) is 198 cm³/mol. The summed E-state index contributed by atoms with van der Waals surface area (Å²) in [5, 5.41) is 22.9. The summed E-state index contributed by atoms with van der Waals surface area (Å²) in [5.74, 6) is 0.761. The van der Waals surface area contributed by atoms with Crippen molar-refractivity contribution in [3.63, 3.8) is 0 Å². The van der Waals surface area contributed by atoms with E-state index in [-0.39, 0.29) is 12.5 Å². The molecule has 0 radical (unpaired) electrons. The number of hydrogen-bond donors (Lipinski definition) is 3. The molecule has 4 heteroatoms. The van der Waals surface area contributed by atoms with Crippen LogP contribution >= 0.6 is 0 Å². The van der Waals surface area contributed by atoms with Crippen LogP contribution in [0.1, 0.15) is 220 Å². The number of aliphatic hydroxyl groups is 2. The molecule has 0 aromatic heterocycles. The van der Waals surface area contributed by atoms with Crippen molar-refractivity contribution in [3.8, 4) is 0 Å². The van der Waals surface area contributed by atoms with Gasteiger partial charge in [-0.15, -0.1) is 0 Å². The van der Waals surface area contributed by atoms with Gasteiger partial charge < -0.3 is 15.5 Å². The zero-order chi connectivity index (χ0) is 33.1. The average molecular weight is 636 g/mol. The number of unbranched alkanes of at least 4 members (excludes halogenated alkanes) is 27. The van der Waals surface area contributed by atoms with E-state index in [0.717, 1.165) is 31.6 Å². The second-order valence-corrected chi connectivity index (χ2v) is 14.5. The van der Waals surface area contributed by atoms with Crippen LogP contribution < -0.4 is 5.32 Å². The number of hydrogen-bond acceptors (Lipinski definition) is 3. The van der Waals surface area contributed by atoms with E-state index in [4.69, 9.17) is 0 Å². The van der Waals surface area contributed by atoms with E-state index in [9.17, 15) is 15.0 Å². The molecule has 0 fully saturated rings. The van der Waals surface area contributed by atoms with Gasteiger partial charge in [-0.25, -0.2) is 0 Å². The lowest BCUT2D eigenvalue weighted by Crippen LogP contribution is -2.45. The molecule has 0 aliphatic heterocycles. The maximum absolute atomic E-state index is 12.3. The van der Waals surface area contributed by atoms with Gasteiger partial charge in [-0.2, -0.15) is 0 Å². The Labute approximate surface area is 282 Å². The van der Waals surface area contributed by atoms with Crippen molar-refractivity contribution >= 4 is 5.91 Å². The van der Waals surface area contributed by atoms with E-state index in [0.29, 0.717) is 6.42 Å². The van der Waals surface area contributed by atoms with Gasteiger partial charge in [0, 0.05) is 6.42 Å². The molecule has 0 aromatic rings. The third-order valence-electron chi connectivity index (χ3n) is 9.45. The Hall–Kier alpha value is -0.870. The topological polar surface area (TPSA) is 69.6 Å². The van der Waals surface area contributed by atoms with E-state index < -0.39 is 12.1 Å². The van der Waals surface area contributed by atoms with Gasteiger partial charge in [0.1, 0.15) is 0 Å². The van der Waals surface area contributed by atoms with E-state index in [1.165, 1.54) is 167 Å². The van der Waals surface area contributed by atoms with Crippen molar-refractivity contribution in [1.29, 1.82) is 0 Å². The van der Waals surface area contributed by atoms with E-state index >= 15 is 0 Å². The SMILES string of the molecule is CCCCCCCCCCCCCCCCCCCCCCCC(=O)NC(CO)C(O)C=CCCCCCCCCCC(C)C. The highest BCUT2D eigenvalue weighted by molar-refractivity contribution is 5.76. The fourth-order valence-corrected chi connectivity index (χ4v) is 6.30. The minimum atomic E-state index is -0.834. The molecule has 0 aliphatic carbocycles. The summed E-state index contributed by atoms with van der Waals surface area (Å²) in [4.78, 5) is 12.3. The monoisotopic (exact) mass is 636 g/mol. The lowest BCUT2D eigenvalue weighted by Gasteiger charge is -2.20. The Morgan fingerprint density at radius 3 is 1.36 bits per heavy atom. The van der Waals surface area contributed by atoms with Gasteiger partial charge in [0.05, 0.1) is 18.8 Å². The number of allylic oxidation sites excluding steroid dienone is 1. The summed E-state index contributed by atoms with van der Waals surface area (Å²) in [6.07, 6.45) is 43.1. The van der Waals surface area contributed by atoms with E-state index in [1.807, 2.05) is 6.08 Å². The molecule has 2 unspecified atom stereocenters. The van der Waals surface area contributed by atoms with Gasteiger partial charge in [-0.1, -0.05) is 206 Å². The molecule has 4 nitrogen and oxygen atoms in total. The summed E-state index contributed by atoms with van der Waals surface area (Å²) in [7, 11) is 0. The normalized spacial score (nSPS) is 13.2. The lowest BCUT2D eigenvalue weighted by atomic mass is 10.0. The number of aliphatic hydroxyl groups excluding tert-OH is 2. The number of carbonyl (C=O) groups is 1. The maximum atomic E-state index is 12.3. The smallest absolute Gasteiger partial charge is 0.220 e. The minimum absolute atomic E-state index is 0.0623. The van der Waals surface area contributed by atoms with Crippen molar-refractivity contribution in [1.82, 2.24) is 5.32 Å². The zero-order valence-corrected chi connectivity index (χ0v) is 30.8. The van der Waals surface area contributed by atoms with Crippen molar-refractivity contribution in [2.45, 2.75) is 232 Å². The maximum Gasteiger partial charge on any atom is 0.220 e. The van der Waals surface area contributed by atoms with Gasteiger partial charge in [0.25, 0.3) is 0 Å². The molecule has 2 atom stereocenters. The number of amides is 1. The Bertz CT molecular complexity index is 620. The number of rotatable bonds is 36. The van der Waals surface area contributed by atoms with Gasteiger partial charge >= 0.3 is 0 Å². The first kappa shape index (κ1) is 44.1. The van der Waals surface area contributed by atoms with Crippen molar-refractivity contribution in [2.75, 3.05) is 6.61 Å². The summed E-state index contributed by atoms with van der Waals surface area (Å²) in [6, 6.07) is -0.616. The Balaban J connectivity index is 3.52. The summed E-state index contributed by atoms with van der Waals surface area (Å²) < 4.78 is 0. The second-order valence-electron chi connectivity index (χ2n) is 14.5. The van der Waals surface area contributed by atoms with Crippen molar-refractivity contribution in [2.24, 2.45) is 5.92 Å². The highest BCUT2D eigenvalue weighted by Crippen LogP contribution is 2.16. The third kappa shape index (κ3) is 34.3. The molecule has 0 aliphatic rings. The van der Waals surface area contributed by atoms with Gasteiger partial charge in [-0.05, 0) is 25.2 Å². The molecule has 268 valence electrons. The zero-order valence-electron chi connectivity index (χ0n) is 30.8. The van der Waals surface area contributed by atoms with E-state index in [2.05, 4.69) is 26.1 Å². The highest BCUT2D eigenvalue weighted by atomic mass is 16.3. The molecule has 45 heavy (non-hydrogen) atoms. The quantitative estimate of drug-likeness (QED) is 0.0474. The van der Waals surface area contributed by atoms with E-state index in [1.54, 1.807) is 6.08 Å². The first-order valence-electron chi connectivity index (χ1n) is 20.3. The van der Waals surface area contributed by atoms with Crippen LogP contribution in [-0.4, -0.2) is 34.9 Å². The Morgan fingerprint density at radius 1 is 0.578 bits per heavy atom. The number of nitrogens with one attached hydrogen (secondary N) is 1. The van der Waals surface area contributed by atoms with Crippen LogP contribution in [0.3, 0.4) is 0 Å². The van der Waals surface area contributed by atoms with Crippen LogP contribution in [0.5, 0.6) is 0 Å². The third-order valence-corrected chi connectivity index (χ3v) is 9.45. The fraction of sp³-hybridized carbons (Fsp3) is 0.927.